The molecule has 92 valence electrons. The molecule has 0 atom stereocenters. The van der Waals surface area contributed by atoms with Gasteiger partial charge >= 0.3 is 0 Å². The fourth-order valence-electron chi connectivity index (χ4n) is 2.51. The molecule has 1 aliphatic rings. The fourth-order valence-corrected chi connectivity index (χ4v) is 2.51. The van der Waals surface area contributed by atoms with Gasteiger partial charge in [-0.05, 0) is 31.7 Å². The van der Waals surface area contributed by atoms with Crippen LogP contribution in [-0.4, -0.2) is 9.97 Å². The zero-order valence-electron chi connectivity index (χ0n) is 10.6. The fraction of sp³-hybridized carbons (Fsp3) is 0.333. The second-order valence-electron chi connectivity index (χ2n) is 4.84. The number of hydrogen-bond acceptors (Lipinski definition) is 3. The Labute approximate surface area is 107 Å². The van der Waals surface area contributed by atoms with Crippen LogP contribution >= 0.6 is 0 Å². The van der Waals surface area contributed by atoms with Gasteiger partial charge in [-0.2, -0.15) is 0 Å². The van der Waals surface area contributed by atoms with Crippen molar-refractivity contribution in [2.75, 3.05) is 0 Å². The van der Waals surface area contributed by atoms with Gasteiger partial charge in [-0.1, -0.05) is 29.8 Å². The average molecular weight is 239 g/mol. The molecule has 3 rings (SSSR count). The van der Waals surface area contributed by atoms with Gasteiger partial charge in [0.2, 0.25) is 0 Å². The van der Waals surface area contributed by atoms with Crippen molar-refractivity contribution in [3.05, 3.63) is 46.8 Å². The summed E-state index contributed by atoms with van der Waals surface area (Å²) in [4.78, 5) is 9.32. The molecule has 0 saturated heterocycles. The first-order chi connectivity index (χ1) is 8.78. The summed E-state index contributed by atoms with van der Waals surface area (Å²) in [6.07, 6.45) is 3.31. The second-order valence-corrected chi connectivity index (χ2v) is 4.84. The van der Waals surface area contributed by atoms with E-state index in [1.165, 1.54) is 23.2 Å². The van der Waals surface area contributed by atoms with Crippen molar-refractivity contribution in [2.24, 2.45) is 5.73 Å². The molecule has 1 aromatic carbocycles. The third-order valence-electron chi connectivity index (χ3n) is 3.52. The summed E-state index contributed by atoms with van der Waals surface area (Å²) < 4.78 is 0. The number of aryl methyl sites for hydroxylation is 2. The van der Waals surface area contributed by atoms with E-state index < -0.39 is 0 Å². The molecule has 0 saturated carbocycles. The van der Waals surface area contributed by atoms with Gasteiger partial charge in [0.05, 0.1) is 5.69 Å². The first-order valence-electron chi connectivity index (χ1n) is 6.43. The first kappa shape index (κ1) is 11.4. The Hall–Kier alpha value is -1.74. The van der Waals surface area contributed by atoms with E-state index in [1.807, 2.05) is 0 Å². The molecule has 1 aliphatic carbocycles. The van der Waals surface area contributed by atoms with Crippen molar-refractivity contribution in [2.45, 2.75) is 32.7 Å². The number of benzene rings is 1. The average Bonchev–Trinajstić information content (AvgIpc) is 2.86. The van der Waals surface area contributed by atoms with Crippen LogP contribution in [0.3, 0.4) is 0 Å². The van der Waals surface area contributed by atoms with Gasteiger partial charge in [-0.3, -0.25) is 0 Å². The van der Waals surface area contributed by atoms with Gasteiger partial charge < -0.3 is 5.73 Å². The van der Waals surface area contributed by atoms with Crippen molar-refractivity contribution in [1.82, 2.24) is 9.97 Å². The van der Waals surface area contributed by atoms with Crippen LogP contribution in [0.25, 0.3) is 11.4 Å². The quantitative estimate of drug-likeness (QED) is 0.875. The van der Waals surface area contributed by atoms with Crippen molar-refractivity contribution >= 4 is 0 Å². The number of hydrogen-bond donors (Lipinski definition) is 1. The highest BCUT2D eigenvalue weighted by Crippen LogP contribution is 2.26. The summed E-state index contributed by atoms with van der Waals surface area (Å²) in [5.41, 5.74) is 11.6. The molecule has 0 fully saturated rings. The molecule has 0 unspecified atom stereocenters. The van der Waals surface area contributed by atoms with Gasteiger partial charge in [0.15, 0.2) is 5.82 Å². The van der Waals surface area contributed by atoms with E-state index >= 15 is 0 Å². The van der Waals surface area contributed by atoms with Crippen LogP contribution in [-0.2, 0) is 19.4 Å². The normalized spacial score (nSPS) is 13.7. The Morgan fingerprint density at radius 2 is 1.89 bits per heavy atom. The van der Waals surface area contributed by atoms with E-state index in [4.69, 9.17) is 10.7 Å². The number of fused-ring (bicyclic) bond motifs is 1. The maximum atomic E-state index is 5.80. The topological polar surface area (TPSA) is 51.8 Å². The van der Waals surface area contributed by atoms with Crippen LogP contribution in [0.2, 0.25) is 0 Å². The van der Waals surface area contributed by atoms with Crippen LogP contribution in [0.4, 0.5) is 0 Å². The van der Waals surface area contributed by atoms with Gasteiger partial charge in [-0.15, -0.1) is 0 Å². The molecule has 18 heavy (non-hydrogen) atoms. The highest BCUT2D eigenvalue weighted by Gasteiger charge is 2.18. The highest BCUT2D eigenvalue weighted by molar-refractivity contribution is 5.56. The molecule has 1 heterocycles. The lowest BCUT2D eigenvalue weighted by Crippen LogP contribution is -2.08. The molecule has 1 aromatic heterocycles. The largest absolute Gasteiger partial charge is 0.325 e. The molecule has 0 spiro atoms. The molecule has 0 aliphatic heterocycles. The molecule has 3 nitrogen and oxygen atoms in total. The Kier molecular flexibility index (Phi) is 2.84. The van der Waals surface area contributed by atoms with Crippen LogP contribution < -0.4 is 5.73 Å². The highest BCUT2D eigenvalue weighted by atomic mass is 14.9. The Bertz CT molecular complexity index is 573. The lowest BCUT2D eigenvalue weighted by Gasteiger charge is -2.08. The van der Waals surface area contributed by atoms with Gasteiger partial charge in [0, 0.05) is 17.8 Å². The lowest BCUT2D eigenvalue weighted by molar-refractivity contribution is 0.892. The van der Waals surface area contributed by atoms with Crippen molar-refractivity contribution < 1.29 is 0 Å². The third kappa shape index (κ3) is 1.91. The van der Waals surface area contributed by atoms with Crippen molar-refractivity contribution in [1.29, 1.82) is 0 Å². The summed E-state index contributed by atoms with van der Waals surface area (Å²) in [6.45, 7) is 2.59. The summed E-state index contributed by atoms with van der Waals surface area (Å²) in [5, 5.41) is 0. The maximum Gasteiger partial charge on any atom is 0.159 e. The molecular formula is C15H17N3. The van der Waals surface area contributed by atoms with Crippen molar-refractivity contribution in [3.8, 4) is 11.4 Å². The molecular weight excluding hydrogens is 222 g/mol. The molecule has 3 heteroatoms. The Balaban J connectivity index is 2.10. The third-order valence-corrected chi connectivity index (χ3v) is 3.52. The maximum absolute atomic E-state index is 5.80. The summed E-state index contributed by atoms with van der Waals surface area (Å²) in [5.74, 6) is 0.816. The van der Waals surface area contributed by atoms with Gasteiger partial charge in [-0.25, -0.2) is 9.97 Å². The minimum Gasteiger partial charge on any atom is -0.325 e. The minimum atomic E-state index is 0.504. The molecule has 2 N–H and O–H groups in total. The van der Waals surface area contributed by atoms with Crippen LogP contribution in [0.5, 0.6) is 0 Å². The number of nitrogens with zero attached hydrogens (tertiary/aromatic N) is 2. The number of aromatic nitrogens is 2. The zero-order valence-corrected chi connectivity index (χ0v) is 10.6. The smallest absolute Gasteiger partial charge is 0.159 e. The second kappa shape index (κ2) is 4.50. The zero-order chi connectivity index (χ0) is 12.5. The predicted octanol–water partition coefficient (Wildman–Crippen LogP) is 2.40. The molecule has 0 bridgehead atoms. The Morgan fingerprint density at radius 1 is 1.11 bits per heavy atom. The monoisotopic (exact) mass is 239 g/mol. The standard InChI is InChI=1S/C15H17N3/c1-10-5-7-11(8-6-10)15-17-13-4-2-3-12(13)14(9-16)18-15/h5-8H,2-4,9,16H2,1H3. The van der Waals surface area contributed by atoms with E-state index in [-0.39, 0.29) is 0 Å². The summed E-state index contributed by atoms with van der Waals surface area (Å²) >= 11 is 0. The predicted molar refractivity (Wildman–Crippen MR) is 72.1 cm³/mol. The molecule has 0 radical (unpaired) electrons. The van der Waals surface area contributed by atoms with E-state index in [2.05, 4.69) is 36.2 Å². The van der Waals surface area contributed by atoms with Gasteiger partial charge in [0.25, 0.3) is 0 Å². The van der Waals surface area contributed by atoms with E-state index in [0.29, 0.717) is 6.54 Å². The van der Waals surface area contributed by atoms with E-state index in [1.54, 1.807) is 0 Å². The van der Waals surface area contributed by atoms with Crippen LogP contribution in [0.1, 0.15) is 28.9 Å². The summed E-state index contributed by atoms with van der Waals surface area (Å²) in [7, 11) is 0. The van der Waals surface area contributed by atoms with Crippen LogP contribution in [0.15, 0.2) is 24.3 Å². The van der Waals surface area contributed by atoms with Crippen molar-refractivity contribution in [3.63, 3.8) is 0 Å². The molecule has 0 amide bonds. The molecule has 2 aromatic rings. The van der Waals surface area contributed by atoms with Crippen LogP contribution in [0, 0.1) is 6.92 Å². The first-order valence-corrected chi connectivity index (χ1v) is 6.43. The lowest BCUT2D eigenvalue weighted by atomic mass is 10.1. The number of nitrogens with two attached hydrogens (primary N) is 1. The number of rotatable bonds is 2. The minimum absolute atomic E-state index is 0.504. The van der Waals surface area contributed by atoms with E-state index in [9.17, 15) is 0 Å². The van der Waals surface area contributed by atoms with Gasteiger partial charge in [0.1, 0.15) is 0 Å². The van der Waals surface area contributed by atoms with E-state index in [0.717, 1.165) is 29.9 Å². The Morgan fingerprint density at radius 3 is 2.61 bits per heavy atom. The SMILES string of the molecule is Cc1ccc(-c2nc(CN)c3c(n2)CCC3)cc1. The summed E-state index contributed by atoms with van der Waals surface area (Å²) in [6, 6.07) is 8.33.